The Morgan fingerprint density at radius 2 is 0.912 bits per heavy atom. The van der Waals surface area contributed by atoms with Crippen LogP contribution in [0, 0.1) is 13.8 Å². The number of aromatic nitrogens is 6. The number of hydrogen-bond donors (Lipinski definition) is 1. The van der Waals surface area contributed by atoms with Crippen LogP contribution in [-0.4, -0.2) is 29.5 Å². The minimum Gasteiger partial charge on any atom is -0.354 e. The third-order valence-corrected chi connectivity index (χ3v) is 19.3. The number of nitrogens with one attached hydrogen (secondary N) is 1. The van der Waals surface area contributed by atoms with Gasteiger partial charge in [-0.3, -0.25) is 4.57 Å². The van der Waals surface area contributed by atoms with Crippen molar-refractivity contribution in [2.75, 3.05) is 0 Å². The molecule has 0 fully saturated rings. The number of thiophene rings is 3. The molecule has 0 radical (unpaired) electrons. The molecule has 0 unspecified atom stereocenters. The maximum Gasteiger partial charge on any atom is 0.235 e. The molecule has 10 heteroatoms. The van der Waals surface area contributed by atoms with Crippen LogP contribution in [0.25, 0.3) is 144 Å². The van der Waals surface area contributed by atoms with E-state index in [4.69, 9.17) is 21.6 Å². The highest BCUT2D eigenvalue weighted by Gasteiger charge is 2.24. The minimum atomic E-state index is 0.276. The van der Waals surface area contributed by atoms with E-state index in [0.717, 1.165) is 66.0 Å². The molecule has 17 rings (SSSR count). The second-order valence-corrected chi connectivity index (χ2v) is 23.4. The average Bonchev–Trinajstić information content (AvgIpc) is 4.39. The maximum atomic E-state index is 6.15. The van der Waals surface area contributed by atoms with Gasteiger partial charge in [-0.2, -0.15) is 0 Å². The van der Waals surface area contributed by atoms with Crippen LogP contribution in [0.4, 0.5) is 0 Å². The normalized spacial score (nSPS) is 11.7. The molecule has 1 N–H and O–H groups in total. The summed E-state index contributed by atoms with van der Waals surface area (Å²) in [5, 5.41) is 12.2. The molecule has 0 saturated heterocycles. The summed E-state index contributed by atoms with van der Waals surface area (Å²) in [5.74, 6) is 0.709. The molecular weight excluding hydrogens is 1060 g/mol. The van der Waals surface area contributed by atoms with Crippen molar-refractivity contribution in [2.45, 2.75) is 13.8 Å². The number of halogens is 1. The third-order valence-electron chi connectivity index (χ3n) is 15.3. The lowest BCUT2D eigenvalue weighted by atomic mass is 10.0. The fourth-order valence-corrected chi connectivity index (χ4v) is 15.7. The number of fused-ring (bicyclic) bond motifs is 15. The Labute approximate surface area is 476 Å². The summed E-state index contributed by atoms with van der Waals surface area (Å²) >= 11 is 11.8. The zero-order chi connectivity index (χ0) is 53.4. The van der Waals surface area contributed by atoms with Gasteiger partial charge in [0.05, 0.1) is 58.1 Å². The van der Waals surface area contributed by atoms with Gasteiger partial charge in [0.25, 0.3) is 0 Å². The lowest BCUT2D eigenvalue weighted by Crippen LogP contribution is -2.03. The molecule has 0 saturated carbocycles. The van der Waals surface area contributed by atoms with Gasteiger partial charge in [0.1, 0.15) is 0 Å². The highest BCUT2D eigenvalue weighted by atomic mass is 35.5. The first-order valence-corrected chi connectivity index (χ1v) is 29.3. The van der Waals surface area contributed by atoms with E-state index in [0.29, 0.717) is 5.95 Å². The van der Waals surface area contributed by atoms with Crippen LogP contribution >= 0.6 is 45.6 Å². The van der Waals surface area contributed by atoms with Crippen molar-refractivity contribution in [3.05, 3.63) is 247 Å². The number of para-hydroxylation sites is 2. The van der Waals surface area contributed by atoms with Crippen LogP contribution in [-0.2, 0) is 0 Å². The predicted octanol–water partition coefficient (Wildman–Crippen LogP) is 20.7. The first-order valence-electron chi connectivity index (χ1n) is 26.5. The second-order valence-electron chi connectivity index (χ2n) is 19.9. The van der Waals surface area contributed by atoms with Gasteiger partial charge in [0, 0.05) is 63.7 Å². The standard InChI is InChI=1S/C34H19N3S2.C18H11ClN2.C18H15NS/c1-2-11-21(12-3-1)28-25-19-18-20-10-4-5-13-22(20)29(25)36-34(35-28)37-26-16-8-6-14-23(26)31-30(37)33-32(39-31)24-15-7-9-17-27(24)38-33;19-18-20-16(13-7-2-1-3-8-13)15-11-10-12-6-4-5-9-14(12)17(15)21-18;1-11-13-7-3-5-9-15(13)19-17(11)18-12(2)14-8-4-6-10-16(14)20-18/h1-19H;1-11H;3-10,19H,1-2H3. The number of aromatic amines is 1. The van der Waals surface area contributed by atoms with Gasteiger partial charge in [-0.25, -0.2) is 19.9 Å². The smallest absolute Gasteiger partial charge is 0.235 e. The molecule has 0 spiro atoms. The molecule has 10 aromatic carbocycles. The van der Waals surface area contributed by atoms with E-state index in [-0.39, 0.29) is 5.28 Å². The Morgan fingerprint density at radius 3 is 1.56 bits per heavy atom. The average molecular weight is 1100 g/mol. The lowest BCUT2D eigenvalue weighted by molar-refractivity contribution is 1.02. The van der Waals surface area contributed by atoms with E-state index in [2.05, 4.69) is 221 Å². The first-order chi connectivity index (χ1) is 39.4. The van der Waals surface area contributed by atoms with Crippen molar-refractivity contribution < 1.29 is 0 Å². The number of hydrogen-bond acceptors (Lipinski definition) is 7. The van der Waals surface area contributed by atoms with E-state index >= 15 is 0 Å². The van der Waals surface area contributed by atoms with Gasteiger partial charge < -0.3 is 4.98 Å². The quantitative estimate of drug-likeness (QED) is 0.141. The molecule has 0 aliphatic carbocycles. The van der Waals surface area contributed by atoms with Crippen LogP contribution in [0.15, 0.2) is 231 Å². The van der Waals surface area contributed by atoms with Gasteiger partial charge in [0.15, 0.2) is 0 Å². The number of aryl methyl sites for hydroxylation is 2. The van der Waals surface area contributed by atoms with Crippen LogP contribution in [0.1, 0.15) is 11.1 Å². The molecule has 0 aliphatic rings. The van der Waals surface area contributed by atoms with Crippen LogP contribution in [0.2, 0.25) is 5.28 Å². The fraction of sp³-hybridized carbons (Fsp3) is 0.0286. The van der Waals surface area contributed by atoms with Crippen LogP contribution in [0.5, 0.6) is 0 Å². The predicted molar refractivity (Wildman–Crippen MR) is 344 cm³/mol. The van der Waals surface area contributed by atoms with Crippen LogP contribution in [0.3, 0.4) is 0 Å². The molecule has 6 nitrogen and oxygen atoms in total. The van der Waals surface area contributed by atoms with Crippen molar-refractivity contribution in [3.8, 4) is 39.0 Å². The first kappa shape index (κ1) is 48.1. The second kappa shape index (κ2) is 19.7. The monoisotopic (exact) mass is 1100 g/mol. The molecule has 80 heavy (non-hydrogen) atoms. The Morgan fingerprint density at radius 1 is 0.388 bits per heavy atom. The van der Waals surface area contributed by atoms with Gasteiger partial charge in [-0.05, 0) is 89.1 Å². The zero-order valence-electron chi connectivity index (χ0n) is 43.3. The summed E-state index contributed by atoms with van der Waals surface area (Å²) in [6, 6.07) is 80.3. The Balaban J connectivity index is 0.000000114. The molecule has 17 aromatic rings. The minimum absolute atomic E-state index is 0.276. The summed E-state index contributed by atoms with van der Waals surface area (Å²) in [5.41, 5.74) is 13.4. The summed E-state index contributed by atoms with van der Waals surface area (Å²) in [7, 11) is 0. The molecule has 7 heterocycles. The van der Waals surface area contributed by atoms with Gasteiger partial charge >= 0.3 is 0 Å². The van der Waals surface area contributed by atoms with Crippen LogP contribution < -0.4 is 0 Å². The lowest BCUT2D eigenvalue weighted by Gasteiger charge is -2.13. The topological polar surface area (TPSA) is 72.3 Å². The third kappa shape index (κ3) is 8.03. The molecule has 0 bridgehead atoms. The van der Waals surface area contributed by atoms with Crippen molar-refractivity contribution in [1.82, 2.24) is 29.5 Å². The van der Waals surface area contributed by atoms with Gasteiger partial charge in [-0.1, -0.05) is 194 Å². The highest BCUT2D eigenvalue weighted by Crippen LogP contribution is 2.49. The summed E-state index contributed by atoms with van der Waals surface area (Å²) < 4.78 is 8.91. The van der Waals surface area contributed by atoms with Crippen molar-refractivity contribution >= 4 is 151 Å². The van der Waals surface area contributed by atoms with Gasteiger partial charge in [-0.15, -0.1) is 34.0 Å². The van der Waals surface area contributed by atoms with Crippen molar-refractivity contribution in [1.29, 1.82) is 0 Å². The number of H-pyrrole nitrogens is 1. The Hall–Kier alpha value is -9.09. The fourth-order valence-electron chi connectivity index (χ4n) is 11.4. The van der Waals surface area contributed by atoms with E-state index < -0.39 is 0 Å². The van der Waals surface area contributed by atoms with E-state index in [1.165, 1.54) is 83.2 Å². The molecule has 380 valence electrons. The van der Waals surface area contributed by atoms with E-state index in [9.17, 15) is 0 Å². The summed E-state index contributed by atoms with van der Waals surface area (Å²) in [6.07, 6.45) is 0. The van der Waals surface area contributed by atoms with Crippen molar-refractivity contribution in [2.24, 2.45) is 0 Å². The Kier molecular flexibility index (Phi) is 11.8. The summed E-state index contributed by atoms with van der Waals surface area (Å²) in [6.45, 7) is 4.43. The largest absolute Gasteiger partial charge is 0.354 e. The number of rotatable bonds is 4. The molecule has 0 amide bonds. The van der Waals surface area contributed by atoms with E-state index in [1.54, 1.807) is 0 Å². The number of nitrogens with zero attached hydrogens (tertiary/aromatic N) is 5. The van der Waals surface area contributed by atoms with E-state index in [1.807, 2.05) is 76.5 Å². The van der Waals surface area contributed by atoms with Crippen molar-refractivity contribution in [3.63, 3.8) is 0 Å². The molecular formula is C70H45ClN6S3. The summed E-state index contributed by atoms with van der Waals surface area (Å²) in [4.78, 5) is 24.5. The SMILES string of the molecule is Cc1c(-c2sc3ccccc3c2C)[nH]c2ccccc12.Clc1nc(-c2ccccc2)c2ccc3ccccc3c2n1.c1ccc(-c2nc(-n3c4ccccc4c4sc5c6ccccc6sc5c43)nc3c2ccc2ccccc23)cc1. The Bertz CT molecular complexity index is 5170. The molecule has 0 atom stereocenters. The highest BCUT2D eigenvalue weighted by molar-refractivity contribution is 7.37. The molecule has 0 aliphatic heterocycles. The number of benzene rings is 10. The van der Waals surface area contributed by atoms with Gasteiger partial charge in [0.2, 0.25) is 11.2 Å². The molecule has 7 aromatic heterocycles. The maximum absolute atomic E-state index is 6.15. The zero-order valence-corrected chi connectivity index (χ0v) is 46.5.